The number of aromatic amines is 1. The summed E-state index contributed by atoms with van der Waals surface area (Å²) in [6.07, 6.45) is 8.29. The van der Waals surface area contributed by atoms with Crippen LogP contribution in [0.3, 0.4) is 0 Å². The summed E-state index contributed by atoms with van der Waals surface area (Å²) >= 11 is 0. The fourth-order valence-corrected chi connectivity index (χ4v) is 4.66. The molecule has 2 aromatic rings. The van der Waals surface area contributed by atoms with E-state index in [0.29, 0.717) is 29.8 Å². The summed E-state index contributed by atoms with van der Waals surface area (Å²) in [5, 5.41) is 14.4. The summed E-state index contributed by atoms with van der Waals surface area (Å²) in [5.74, 6) is 3.63. The average Bonchev–Trinajstić information content (AvgIpc) is 3.27. The van der Waals surface area contributed by atoms with Crippen molar-refractivity contribution in [3.8, 4) is 5.75 Å². The molecule has 3 aliphatic rings. The lowest BCUT2D eigenvalue weighted by molar-refractivity contribution is -0.122. The Bertz CT molecular complexity index is 881. The molecule has 0 aromatic carbocycles. The first-order valence-electron chi connectivity index (χ1n) is 9.48. The number of fused-ring (bicyclic) bond motifs is 3. The molecule has 1 unspecified atom stereocenters. The molecule has 2 aromatic heterocycles. The molecule has 2 aliphatic heterocycles. The van der Waals surface area contributed by atoms with E-state index in [0.717, 1.165) is 54.4 Å². The summed E-state index contributed by atoms with van der Waals surface area (Å²) in [6.45, 7) is 0.964. The summed E-state index contributed by atoms with van der Waals surface area (Å²) < 4.78 is 5.56. The van der Waals surface area contributed by atoms with Crippen LogP contribution >= 0.6 is 0 Å². The molecule has 134 valence electrons. The van der Waals surface area contributed by atoms with Gasteiger partial charge in [0.2, 0.25) is 0 Å². The number of hydrogen-bond acceptors (Lipinski definition) is 5. The highest BCUT2D eigenvalue weighted by Gasteiger charge is 2.39. The number of H-pyrrole nitrogens is 1. The number of rotatable bonds is 4. The zero-order valence-electron chi connectivity index (χ0n) is 14.6. The Morgan fingerprint density at radius 3 is 3.12 bits per heavy atom. The quantitative estimate of drug-likeness (QED) is 0.735. The molecule has 2 fully saturated rings. The Hall–Kier alpha value is -2.12. The van der Waals surface area contributed by atoms with E-state index in [4.69, 9.17) is 4.65 Å². The molecule has 7 heteroatoms. The smallest absolute Gasteiger partial charge is 0.531 e. The van der Waals surface area contributed by atoms with Crippen molar-refractivity contribution in [3.05, 3.63) is 30.0 Å². The minimum absolute atomic E-state index is 0.0736. The maximum Gasteiger partial charge on any atom is 0.552 e. The Labute approximate surface area is 152 Å². The first kappa shape index (κ1) is 16.1. The third-order valence-electron chi connectivity index (χ3n) is 6.02. The summed E-state index contributed by atoms with van der Waals surface area (Å²) in [4.78, 5) is 19.9. The van der Waals surface area contributed by atoms with E-state index in [9.17, 15) is 9.82 Å². The highest BCUT2D eigenvalue weighted by molar-refractivity contribution is 6.52. The van der Waals surface area contributed by atoms with Gasteiger partial charge in [-0.15, -0.1) is 0 Å². The minimum Gasteiger partial charge on any atom is -0.531 e. The topological polar surface area (TPSA) is 87.2 Å². The van der Waals surface area contributed by atoms with Gasteiger partial charge >= 0.3 is 7.12 Å². The van der Waals surface area contributed by atoms with Crippen LogP contribution in [0.4, 0.5) is 0 Å². The van der Waals surface area contributed by atoms with E-state index >= 15 is 0 Å². The fourth-order valence-electron chi connectivity index (χ4n) is 4.66. The Kier molecular flexibility index (Phi) is 3.87. The summed E-state index contributed by atoms with van der Waals surface area (Å²) in [7, 11) is -0.931. The van der Waals surface area contributed by atoms with Crippen LogP contribution in [0.2, 0.25) is 0 Å². The van der Waals surface area contributed by atoms with Gasteiger partial charge in [-0.1, -0.05) is 0 Å². The minimum atomic E-state index is -0.931. The second kappa shape index (κ2) is 6.25. The van der Waals surface area contributed by atoms with Gasteiger partial charge in [0.25, 0.3) is 0 Å². The number of carbonyl (C=O) groups is 1. The van der Waals surface area contributed by atoms with Crippen LogP contribution in [0.1, 0.15) is 37.7 Å². The van der Waals surface area contributed by atoms with Crippen LogP contribution in [-0.2, 0) is 4.79 Å². The summed E-state index contributed by atoms with van der Waals surface area (Å²) in [6, 6.07) is 2.08. The van der Waals surface area contributed by atoms with E-state index in [1.54, 1.807) is 6.20 Å². The van der Waals surface area contributed by atoms with Crippen molar-refractivity contribution in [2.75, 3.05) is 6.54 Å². The number of pyridine rings is 1. The number of hydrogen-bond donors (Lipinski definition) is 3. The molecule has 0 spiro atoms. The SMILES string of the molecule is O=C(CC1CC(C2=CB(O)Oc3cnc4[nH]ccc4c32)C1)C1CCCN1. The standard InChI is InChI=1S/C19H22BN3O3/c24-16(15-2-1-4-21-15)8-11-6-12(7-11)14-9-20(25)26-17-10-23-19-13(18(14)17)3-5-22-19/h3,5,9-12,15,21,25H,1-2,4,6-8H2,(H,22,23). The largest absolute Gasteiger partial charge is 0.552 e. The van der Waals surface area contributed by atoms with Crippen molar-refractivity contribution in [1.82, 2.24) is 15.3 Å². The van der Waals surface area contributed by atoms with E-state index in [1.807, 2.05) is 18.2 Å². The third kappa shape index (κ3) is 2.66. The maximum absolute atomic E-state index is 12.4. The molecule has 0 amide bonds. The molecule has 1 atom stereocenters. The first-order chi connectivity index (χ1) is 12.7. The van der Waals surface area contributed by atoms with Crippen molar-refractivity contribution < 1.29 is 14.5 Å². The molecule has 5 rings (SSSR count). The highest BCUT2D eigenvalue weighted by atomic mass is 16.5. The Balaban J connectivity index is 1.34. The number of ketones is 1. The van der Waals surface area contributed by atoms with Crippen LogP contribution in [0, 0.1) is 11.8 Å². The van der Waals surface area contributed by atoms with Crippen molar-refractivity contribution in [2.45, 2.75) is 38.1 Å². The van der Waals surface area contributed by atoms with Gasteiger partial charge in [-0.3, -0.25) is 4.79 Å². The molecule has 1 saturated heterocycles. The Morgan fingerprint density at radius 2 is 2.31 bits per heavy atom. The second-order valence-corrected chi connectivity index (χ2v) is 7.72. The average molecular weight is 351 g/mol. The molecule has 3 N–H and O–H groups in total. The molecule has 0 radical (unpaired) electrons. The predicted molar refractivity (Wildman–Crippen MR) is 99.5 cm³/mol. The highest BCUT2D eigenvalue weighted by Crippen LogP contribution is 2.49. The van der Waals surface area contributed by atoms with Crippen LogP contribution in [-0.4, -0.2) is 40.5 Å². The lowest BCUT2D eigenvalue weighted by Gasteiger charge is -2.39. The van der Waals surface area contributed by atoms with Gasteiger partial charge in [-0.05, 0) is 61.7 Å². The van der Waals surface area contributed by atoms with Gasteiger partial charge in [-0.2, -0.15) is 0 Å². The van der Waals surface area contributed by atoms with Crippen molar-refractivity contribution in [2.24, 2.45) is 11.8 Å². The number of nitrogens with zero attached hydrogens (tertiary/aromatic N) is 1. The molecule has 26 heavy (non-hydrogen) atoms. The van der Waals surface area contributed by atoms with Gasteiger partial charge in [0.05, 0.1) is 12.2 Å². The van der Waals surface area contributed by atoms with E-state index in [2.05, 4.69) is 15.3 Å². The van der Waals surface area contributed by atoms with Gasteiger partial charge in [0.1, 0.15) is 17.2 Å². The maximum atomic E-state index is 12.4. The van der Waals surface area contributed by atoms with Gasteiger partial charge in [-0.25, -0.2) is 4.98 Å². The number of nitrogens with one attached hydrogen (secondary N) is 2. The zero-order valence-corrected chi connectivity index (χ0v) is 14.6. The van der Waals surface area contributed by atoms with E-state index < -0.39 is 7.12 Å². The van der Waals surface area contributed by atoms with Crippen LogP contribution in [0.25, 0.3) is 16.6 Å². The summed E-state index contributed by atoms with van der Waals surface area (Å²) in [5.41, 5.74) is 3.00. The predicted octanol–water partition coefficient (Wildman–Crippen LogP) is 2.10. The molecule has 1 aliphatic carbocycles. The molecule has 1 saturated carbocycles. The van der Waals surface area contributed by atoms with Crippen LogP contribution in [0.15, 0.2) is 24.4 Å². The monoisotopic (exact) mass is 351 g/mol. The van der Waals surface area contributed by atoms with Crippen molar-refractivity contribution in [3.63, 3.8) is 0 Å². The molecule has 6 nitrogen and oxygen atoms in total. The van der Waals surface area contributed by atoms with Gasteiger partial charge in [0, 0.05) is 23.6 Å². The molecular formula is C19H22BN3O3. The van der Waals surface area contributed by atoms with Gasteiger partial charge < -0.3 is 20.0 Å². The Morgan fingerprint density at radius 1 is 1.42 bits per heavy atom. The third-order valence-corrected chi connectivity index (χ3v) is 6.02. The molecular weight excluding hydrogens is 329 g/mol. The molecule has 4 heterocycles. The zero-order chi connectivity index (χ0) is 17.7. The lowest BCUT2D eigenvalue weighted by Crippen LogP contribution is -2.36. The molecule has 0 bridgehead atoms. The lowest BCUT2D eigenvalue weighted by atomic mass is 9.64. The number of Topliss-reactive ketones (excluding diaryl/α,β-unsaturated/α-hetero) is 1. The number of carbonyl (C=O) groups excluding carboxylic acids is 1. The van der Waals surface area contributed by atoms with E-state index in [-0.39, 0.29) is 6.04 Å². The number of aromatic nitrogens is 2. The van der Waals surface area contributed by atoms with E-state index in [1.165, 1.54) is 0 Å². The van der Waals surface area contributed by atoms with Crippen molar-refractivity contribution in [1.29, 1.82) is 0 Å². The second-order valence-electron chi connectivity index (χ2n) is 7.72. The number of allylic oxidation sites excluding steroid dienone is 1. The fraction of sp³-hybridized carbons (Fsp3) is 0.474. The van der Waals surface area contributed by atoms with Crippen LogP contribution < -0.4 is 9.97 Å². The van der Waals surface area contributed by atoms with Gasteiger partial charge in [0.15, 0.2) is 0 Å². The first-order valence-corrected chi connectivity index (χ1v) is 9.48. The van der Waals surface area contributed by atoms with Crippen molar-refractivity contribution >= 4 is 29.5 Å². The normalized spacial score (nSPS) is 27.7. The van der Waals surface area contributed by atoms with Crippen LogP contribution in [0.5, 0.6) is 5.75 Å².